The Bertz CT molecular complexity index is 1080. The van der Waals surface area contributed by atoms with E-state index in [0.29, 0.717) is 0 Å². The predicted octanol–water partition coefficient (Wildman–Crippen LogP) is 2.29. The van der Waals surface area contributed by atoms with Crippen molar-refractivity contribution in [3.63, 3.8) is 0 Å². The quantitative estimate of drug-likeness (QED) is 0.207. The van der Waals surface area contributed by atoms with Gasteiger partial charge in [0.05, 0.1) is 6.61 Å². The largest absolute Gasteiger partial charge is 0.456 e. The maximum Gasteiger partial charge on any atom is 0.321 e. The molecule has 11 heteroatoms. The lowest BCUT2D eigenvalue weighted by Gasteiger charge is -2.46. The Kier molecular flexibility index (Phi) is 10.3. The Hall–Kier alpha value is -2.76. The van der Waals surface area contributed by atoms with E-state index < -0.39 is 62.8 Å². The molecule has 212 valence electrons. The second-order valence-corrected chi connectivity index (χ2v) is 14.9. The van der Waals surface area contributed by atoms with Gasteiger partial charge in [-0.25, -0.2) is 0 Å². The summed E-state index contributed by atoms with van der Waals surface area (Å²) in [5.74, 6) is -2.77. The number of carbonyl (C=O) groups excluding carboxylic acids is 3. The number of alkyl halides is 1. The third-order valence-corrected chi connectivity index (χ3v) is 11.7. The van der Waals surface area contributed by atoms with Gasteiger partial charge >= 0.3 is 17.9 Å². The van der Waals surface area contributed by atoms with Crippen molar-refractivity contribution < 1.29 is 42.9 Å². The van der Waals surface area contributed by atoms with Gasteiger partial charge in [-0.05, 0) is 15.4 Å². The van der Waals surface area contributed by atoms with Gasteiger partial charge in [0.2, 0.25) is 6.29 Å². The summed E-state index contributed by atoms with van der Waals surface area (Å²) in [6, 6.07) is 19.7. The van der Waals surface area contributed by atoms with Crippen LogP contribution in [0.1, 0.15) is 34.6 Å². The Morgan fingerprint density at radius 2 is 1.38 bits per heavy atom. The number of benzene rings is 2. The molecule has 0 saturated carbocycles. The molecule has 1 heterocycles. The van der Waals surface area contributed by atoms with E-state index in [1.165, 1.54) is 6.92 Å². The third-order valence-electron chi connectivity index (χ3n) is 6.46. The van der Waals surface area contributed by atoms with Crippen molar-refractivity contribution in [2.24, 2.45) is 0 Å². The Morgan fingerprint density at radius 1 is 0.872 bits per heavy atom. The average Bonchev–Trinajstić information content (AvgIpc) is 2.88. The van der Waals surface area contributed by atoms with Crippen LogP contribution in [0.5, 0.6) is 0 Å². The number of hydrogen-bond acceptors (Lipinski definition) is 9. The summed E-state index contributed by atoms with van der Waals surface area (Å²) in [4.78, 5) is 36.0. The van der Waals surface area contributed by atoms with Crippen LogP contribution >= 0.6 is 11.6 Å². The Labute approximate surface area is 234 Å². The molecule has 1 aliphatic rings. The number of carbonyl (C=O) groups is 3. The van der Waals surface area contributed by atoms with Crippen molar-refractivity contribution >= 4 is 48.2 Å². The molecular formula is C28H35ClO9Si. The topological polar surface area (TPSA) is 118 Å². The van der Waals surface area contributed by atoms with E-state index in [1.54, 1.807) is 0 Å². The van der Waals surface area contributed by atoms with Crippen LogP contribution in [0, 0.1) is 0 Å². The molecule has 0 unspecified atom stereocenters. The first kappa shape index (κ1) is 30.8. The van der Waals surface area contributed by atoms with E-state index in [2.05, 4.69) is 20.8 Å². The number of halogens is 1. The van der Waals surface area contributed by atoms with Crippen LogP contribution in [0.15, 0.2) is 60.7 Å². The van der Waals surface area contributed by atoms with Crippen LogP contribution in [-0.4, -0.2) is 74.5 Å². The van der Waals surface area contributed by atoms with E-state index in [-0.39, 0.29) is 11.6 Å². The molecule has 3 rings (SSSR count). The molecule has 1 N–H and O–H groups in total. The fourth-order valence-corrected chi connectivity index (χ4v) is 9.54. The summed E-state index contributed by atoms with van der Waals surface area (Å²) >= 11 is 5.64. The molecule has 2 aromatic rings. The first-order valence-electron chi connectivity index (χ1n) is 12.6. The highest BCUT2D eigenvalue weighted by molar-refractivity contribution is 6.99. The van der Waals surface area contributed by atoms with Crippen LogP contribution < -0.4 is 10.4 Å². The van der Waals surface area contributed by atoms with Crippen molar-refractivity contribution in [2.45, 2.75) is 70.4 Å². The molecule has 5 atom stereocenters. The van der Waals surface area contributed by atoms with Crippen LogP contribution in [0.3, 0.4) is 0 Å². The molecule has 0 bridgehead atoms. The monoisotopic (exact) mass is 578 g/mol. The van der Waals surface area contributed by atoms with E-state index in [9.17, 15) is 19.5 Å². The normalized spacial score (nSPS) is 23.5. The van der Waals surface area contributed by atoms with Gasteiger partial charge in [-0.1, -0.05) is 81.4 Å². The van der Waals surface area contributed by atoms with Crippen molar-refractivity contribution in [2.75, 3.05) is 12.5 Å². The zero-order chi connectivity index (χ0) is 28.8. The standard InChI is InChI=1S/C28H35ClO9Si/c1-18(30)35-25-22(37-27(36-19(2)31)24(33)26(25)38-23(32)16-29)17-34-39(28(3,4)5,20-12-8-6-9-13-20)21-14-10-7-11-15-21/h6-15,22,24-27,33H,16-17H2,1-5H3/t22-,24-,25+,26-,27+/m1/s1. The summed E-state index contributed by atoms with van der Waals surface area (Å²) < 4.78 is 28.9. The second-order valence-electron chi connectivity index (χ2n) is 10.3. The molecule has 0 spiro atoms. The number of hydrogen-bond donors (Lipinski definition) is 1. The first-order chi connectivity index (χ1) is 18.4. The number of ether oxygens (including phenoxy) is 4. The number of esters is 3. The minimum atomic E-state index is -3.05. The van der Waals surface area contributed by atoms with Crippen LogP contribution in [-0.2, 0) is 37.8 Å². The Balaban J connectivity index is 2.08. The lowest BCUT2D eigenvalue weighted by Crippen LogP contribution is -2.68. The summed E-state index contributed by atoms with van der Waals surface area (Å²) in [6.45, 7) is 8.50. The number of aliphatic hydroxyl groups excluding tert-OH is 1. The highest BCUT2D eigenvalue weighted by atomic mass is 35.5. The van der Waals surface area contributed by atoms with Crippen molar-refractivity contribution in [1.29, 1.82) is 0 Å². The lowest BCUT2D eigenvalue weighted by molar-refractivity contribution is -0.296. The molecule has 1 saturated heterocycles. The van der Waals surface area contributed by atoms with E-state index in [0.717, 1.165) is 17.3 Å². The lowest BCUT2D eigenvalue weighted by atomic mass is 9.98. The average molecular weight is 579 g/mol. The van der Waals surface area contributed by atoms with Gasteiger partial charge in [0, 0.05) is 13.8 Å². The van der Waals surface area contributed by atoms with Gasteiger partial charge in [-0.2, -0.15) is 0 Å². The van der Waals surface area contributed by atoms with Crippen molar-refractivity contribution in [3.05, 3.63) is 60.7 Å². The van der Waals surface area contributed by atoms with Gasteiger partial charge in [-0.15, -0.1) is 11.6 Å². The van der Waals surface area contributed by atoms with Gasteiger partial charge in [0.15, 0.2) is 18.3 Å². The smallest absolute Gasteiger partial charge is 0.321 e. The fraction of sp³-hybridized carbons (Fsp3) is 0.464. The highest BCUT2D eigenvalue weighted by Crippen LogP contribution is 2.38. The molecule has 39 heavy (non-hydrogen) atoms. The third kappa shape index (κ3) is 7.06. The Morgan fingerprint density at radius 3 is 1.82 bits per heavy atom. The minimum absolute atomic E-state index is 0.134. The molecule has 1 fully saturated rings. The molecule has 0 amide bonds. The number of aliphatic hydroxyl groups is 1. The van der Waals surface area contributed by atoms with Crippen molar-refractivity contribution in [1.82, 2.24) is 0 Å². The fourth-order valence-electron chi connectivity index (χ4n) is 4.91. The second kappa shape index (κ2) is 13.1. The van der Waals surface area contributed by atoms with Crippen LogP contribution in [0.25, 0.3) is 0 Å². The molecule has 0 aliphatic carbocycles. The molecular weight excluding hydrogens is 544 g/mol. The van der Waals surface area contributed by atoms with Gasteiger partial charge in [-0.3, -0.25) is 14.4 Å². The summed E-state index contributed by atoms with van der Waals surface area (Å²) in [5, 5.41) is 12.5. The maximum absolute atomic E-state index is 12.1. The van der Waals surface area contributed by atoms with Gasteiger partial charge in [0.25, 0.3) is 8.32 Å². The van der Waals surface area contributed by atoms with E-state index in [4.69, 9.17) is 35.0 Å². The highest BCUT2D eigenvalue weighted by Gasteiger charge is 2.54. The summed E-state index contributed by atoms with van der Waals surface area (Å²) in [7, 11) is -3.05. The predicted molar refractivity (Wildman–Crippen MR) is 146 cm³/mol. The molecule has 0 radical (unpaired) electrons. The summed E-state index contributed by atoms with van der Waals surface area (Å²) in [5.41, 5.74) is 0. The van der Waals surface area contributed by atoms with E-state index >= 15 is 0 Å². The van der Waals surface area contributed by atoms with Crippen LogP contribution in [0.2, 0.25) is 5.04 Å². The zero-order valence-corrected chi connectivity index (χ0v) is 24.4. The molecule has 9 nitrogen and oxygen atoms in total. The van der Waals surface area contributed by atoms with Gasteiger partial charge in [0.1, 0.15) is 12.0 Å². The van der Waals surface area contributed by atoms with Crippen LogP contribution in [0.4, 0.5) is 0 Å². The van der Waals surface area contributed by atoms with E-state index in [1.807, 2.05) is 60.7 Å². The minimum Gasteiger partial charge on any atom is -0.456 e. The first-order valence-corrected chi connectivity index (χ1v) is 15.0. The summed E-state index contributed by atoms with van der Waals surface area (Å²) in [6.07, 6.45) is -6.91. The molecule has 0 aromatic heterocycles. The molecule has 1 aliphatic heterocycles. The van der Waals surface area contributed by atoms with Crippen molar-refractivity contribution in [3.8, 4) is 0 Å². The number of rotatable bonds is 9. The SMILES string of the molecule is CC(=O)O[C@H]1O[C@H](CO[Si](c2ccccc2)(c2ccccc2)C(C)(C)C)[C@H](OC(C)=O)[C@H](OC(=O)CCl)[C@H]1O. The maximum atomic E-state index is 12.1. The van der Waals surface area contributed by atoms with Gasteiger partial charge < -0.3 is 28.5 Å². The molecule has 2 aromatic carbocycles. The zero-order valence-electron chi connectivity index (χ0n) is 22.7.